The molecule has 5 heteroatoms. The van der Waals surface area contributed by atoms with Crippen molar-refractivity contribution in [2.45, 2.75) is 25.8 Å². The van der Waals surface area contributed by atoms with Gasteiger partial charge in [-0.1, -0.05) is 6.92 Å². The van der Waals surface area contributed by atoms with Crippen LogP contribution in [-0.2, 0) is 18.2 Å². The number of nitrogens with zero attached hydrogens (tertiary/aromatic N) is 3. The van der Waals surface area contributed by atoms with Crippen molar-refractivity contribution in [3.8, 4) is 0 Å². The van der Waals surface area contributed by atoms with Gasteiger partial charge in [0.1, 0.15) is 12.2 Å². The van der Waals surface area contributed by atoms with E-state index in [2.05, 4.69) is 22.3 Å². The minimum Gasteiger partial charge on any atom is -0.381 e. The first-order valence-corrected chi connectivity index (χ1v) is 5.95. The molecule has 0 aromatic carbocycles. The van der Waals surface area contributed by atoms with Crippen molar-refractivity contribution in [2.75, 3.05) is 19.8 Å². The molecule has 5 nitrogen and oxygen atoms in total. The van der Waals surface area contributed by atoms with Gasteiger partial charge in [-0.3, -0.25) is 4.68 Å². The van der Waals surface area contributed by atoms with Gasteiger partial charge in [-0.15, -0.1) is 0 Å². The van der Waals surface area contributed by atoms with Crippen LogP contribution in [0.3, 0.4) is 0 Å². The third kappa shape index (κ3) is 2.59. The first kappa shape index (κ1) is 11.5. The minimum atomic E-state index is 0.511. The number of aromatic nitrogens is 3. The van der Waals surface area contributed by atoms with Gasteiger partial charge in [0.25, 0.3) is 0 Å². The van der Waals surface area contributed by atoms with Crippen LogP contribution in [0.2, 0.25) is 0 Å². The smallest absolute Gasteiger partial charge is 0.138 e. The highest BCUT2D eigenvalue weighted by molar-refractivity contribution is 4.91. The van der Waals surface area contributed by atoms with Crippen molar-refractivity contribution in [3.63, 3.8) is 0 Å². The van der Waals surface area contributed by atoms with Crippen LogP contribution in [0.15, 0.2) is 6.33 Å². The number of hydrogen-bond donors (Lipinski definition) is 1. The summed E-state index contributed by atoms with van der Waals surface area (Å²) in [5.41, 5.74) is 0. The quantitative estimate of drug-likeness (QED) is 0.803. The summed E-state index contributed by atoms with van der Waals surface area (Å²) in [6, 6.07) is 0.551. The Hall–Kier alpha value is -0.940. The summed E-state index contributed by atoms with van der Waals surface area (Å²) in [5, 5.41) is 7.63. The molecule has 1 fully saturated rings. The van der Waals surface area contributed by atoms with Crippen molar-refractivity contribution in [2.24, 2.45) is 13.0 Å². The molecule has 1 saturated heterocycles. The second-order valence-corrected chi connectivity index (χ2v) is 4.29. The Bertz CT molecular complexity index is 324. The summed E-state index contributed by atoms with van der Waals surface area (Å²) >= 11 is 0. The molecule has 2 unspecified atom stereocenters. The normalized spacial score (nSPS) is 25.9. The van der Waals surface area contributed by atoms with E-state index in [1.165, 1.54) is 0 Å². The second-order valence-electron chi connectivity index (χ2n) is 4.29. The van der Waals surface area contributed by atoms with E-state index in [1.807, 2.05) is 11.7 Å². The highest BCUT2D eigenvalue weighted by atomic mass is 16.5. The average molecular weight is 224 g/mol. The molecule has 90 valence electrons. The third-order valence-corrected chi connectivity index (χ3v) is 3.19. The molecule has 2 heterocycles. The van der Waals surface area contributed by atoms with Crippen LogP contribution in [0.4, 0.5) is 0 Å². The van der Waals surface area contributed by atoms with E-state index in [0.29, 0.717) is 12.0 Å². The van der Waals surface area contributed by atoms with Gasteiger partial charge in [0.2, 0.25) is 0 Å². The Morgan fingerprint density at radius 1 is 1.62 bits per heavy atom. The van der Waals surface area contributed by atoms with Gasteiger partial charge < -0.3 is 10.1 Å². The van der Waals surface area contributed by atoms with E-state index in [-0.39, 0.29) is 0 Å². The summed E-state index contributed by atoms with van der Waals surface area (Å²) in [6.45, 7) is 4.85. The van der Waals surface area contributed by atoms with Gasteiger partial charge in [-0.2, -0.15) is 5.10 Å². The maximum atomic E-state index is 5.55. The lowest BCUT2D eigenvalue weighted by Crippen LogP contribution is -2.43. The summed E-state index contributed by atoms with van der Waals surface area (Å²) in [7, 11) is 1.94. The fraction of sp³-hybridized carbons (Fsp3) is 0.818. The minimum absolute atomic E-state index is 0.511. The first-order chi connectivity index (χ1) is 7.81. The van der Waals surface area contributed by atoms with Crippen LogP contribution >= 0.6 is 0 Å². The maximum absolute atomic E-state index is 5.55. The molecule has 1 aromatic heterocycles. The molecule has 1 aromatic rings. The van der Waals surface area contributed by atoms with Crippen LogP contribution in [0.25, 0.3) is 0 Å². The fourth-order valence-corrected chi connectivity index (χ4v) is 2.27. The van der Waals surface area contributed by atoms with Crippen molar-refractivity contribution in [1.82, 2.24) is 20.1 Å². The topological polar surface area (TPSA) is 52.0 Å². The van der Waals surface area contributed by atoms with E-state index >= 15 is 0 Å². The Kier molecular flexibility index (Phi) is 3.90. The van der Waals surface area contributed by atoms with E-state index < -0.39 is 0 Å². The molecule has 0 saturated carbocycles. The Morgan fingerprint density at radius 3 is 3.19 bits per heavy atom. The maximum Gasteiger partial charge on any atom is 0.138 e. The SMILES string of the molecule is CCNC1CCOCC1Cc1ncnn1C. The zero-order valence-corrected chi connectivity index (χ0v) is 10.0. The molecule has 16 heavy (non-hydrogen) atoms. The van der Waals surface area contributed by atoms with Crippen molar-refractivity contribution < 1.29 is 4.74 Å². The summed E-state index contributed by atoms with van der Waals surface area (Å²) in [6.07, 6.45) is 3.64. The third-order valence-electron chi connectivity index (χ3n) is 3.19. The number of hydrogen-bond acceptors (Lipinski definition) is 4. The van der Waals surface area contributed by atoms with Gasteiger partial charge >= 0.3 is 0 Å². The number of ether oxygens (including phenoxy) is 1. The molecule has 1 aliphatic heterocycles. The number of rotatable bonds is 4. The van der Waals surface area contributed by atoms with Crippen molar-refractivity contribution in [3.05, 3.63) is 12.2 Å². The molecule has 1 aliphatic rings. The monoisotopic (exact) mass is 224 g/mol. The first-order valence-electron chi connectivity index (χ1n) is 5.95. The summed E-state index contributed by atoms with van der Waals surface area (Å²) in [4.78, 5) is 4.27. The molecule has 1 N–H and O–H groups in total. The summed E-state index contributed by atoms with van der Waals surface area (Å²) in [5.74, 6) is 1.55. The standard InChI is InChI=1S/C11H20N4O/c1-3-12-10-4-5-16-7-9(10)6-11-13-8-14-15(11)2/h8-10,12H,3-7H2,1-2H3. The van der Waals surface area contributed by atoms with Crippen LogP contribution in [0, 0.1) is 5.92 Å². The lowest BCUT2D eigenvalue weighted by Gasteiger charge is -2.31. The lowest BCUT2D eigenvalue weighted by molar-refractivity contribution is 0.0316. The van der Waals surface area contributed by atoms with Gasteiger partial charge in [0.15, 0.2) is 0 Å². The molecular weight excluding hydrogens is 204 g/mol. The molecule has 2 atom stereocenters. The fourth-order valence-electron chi connectivity index (χ4n) is 2.27. The Labute approximate surface area is 96.2 Å². The largest absolute Gasteiger partial charge is 0.381 e. The predicted molar refractivity (Wildman–Crippen MR) is 61.1 cm³/mol. The van der Waals surface area contributed by atoms with Gasteiger partial charge in [0, 0.05) is 32.0 Å². The van der Waals surface area contributed by atoms with Crippen molar-refractivity contribution >= 4 is 0 Å². The molecule has 0 spiro atoms. The Balaban J connectivity index is 1.98. The van der Waals surface area contributed by atoms with E-state index in [4.69, 9.17) is 4.74 Å². The highest BCUT2D eigenvalue weighted by Gasteiger charge is 2.26. The molecule has 0 radical (unpaired) electrons. The van der Waals surface area contributed by atoms with Gasteiger partial charge in [0.05, 0.1) is 6.61 Å². The predicted octanol–water partition coefficient (Wildman–Crippen LogP) is 0.372. The highest BCUT2D eigenvalue weighted by Crippen LogP contribution is 2.18. The van der Waals surface area contributed by atoms with Gasteiger partial charge in [-0.05, 0) is 13.0 Å². The zero-order chi connectivity index (χ0) is 11.4. The second kappa shape index (κ2) is 5.41. The zero-order valence-electron chi connectivity index (χ0n) is 10.0. The molecular formula is C11H20N4O. The van der Waals surface area contributed by atoms with Gasteiger partial charge in [-0.25, -0.2) is 4.98 Å². The molecule has 0 amide bonds. The average Bonchev–Trinajstić information content (AvgIpc) is 2.68. The molecule has 2 rings (SSSR count). The van der Waals surface area contributed by atoms with Crippen LogP contribution in [-0.4, -0.2) is 40.6 Å². The van der Waals surface area contributed by atoms with Crippen LogP contribution in [0.5, 0.6) is 0 Å². The molecule has 0 bridgehead atoms. The van der Waals surface area contributed by atoms with Crippen molar-refractivity contribution in [1.29, 1.82) is 0 Å². The van der Waals surface area contributed by atoms with E-state index in [1.54, 1.807) is 6.33 Å². The Morgan fingerprint density at radius 2 is 2.50 bits per heavy atom. The molecule has 0 aliphatic carbocycles. The van der Waals surface area contributed by atoms with E-state index in [9.17, 15) is 0 Å². The number of nitrogens with one attached hydrogen (secondary N) is 1. The van der Waals surface area contributed by atoms with Crippen LogP contribution < -0.4 is 5.32 Å². The number of aryl methyl sites for hydroxylation is 1. The summed E-state index contributed by atoms with van der Waals surface area (Å²) < 4.78 is 7.39. The van der Waals surface area contributed by atoms with E-state index in [0.717, 1.165) is 38.4 Å². The van der Waals surface area contributed by atoms with Crippen LogP contribution in [0.1, 0.15) is 19.2 Å². The lowest BCUT2D eigenvalue weighted by atomic mass is 9.92.